The summed E-state index contributed by atoms with van der Waals surface area (Å²) in [4.78, 5) is 13.9. The van der Waals surface area contributed by atoms with E-state index < -0.39 is 0 Å². The number of para-hydroxylation sites is 1. The predicted molar refractivity (Wildman–Crippen MR) is 84.4 cm³/mol. The number of methoxy groups -OCH3 is 1. The quantitative estimate of drug-likeness (QED) is 0.770. The summed E-state index contributed by atoms with van der Waals surface area (Å²) in [6, 6.07) is 7.42. The third-order valence-corrected chi connectivity index (χ3v) is 4.23. The molecule has 0 N–H and O–H groups in total. The van der Waals surface area contributed by atoms with Crippen LogP contribution in [0.5, 0.6) is 5.75 Å². The van der Waals surface area contributed by atoms with Crippen molar-refractivity contribution in [2.45, 2.75) is 5.22 Å². The highest BCUT2D eigenvalue weighted by Gasteiger charge is 2.19. The van der Waals surface area contributed by atoms with E-state index in [0.717, 1.165) is 5.56 Å². The minimum Gasteiger partial charge on any atom is -0.496 e. The average molecular weight is 335 g/mol. The van der Waals surface area contributed by atoms with Crippen LogP contribution in [0.2, 0.25) is 0 Å². The zero-order chi connectivity index (χ0) is 16.1. The first kappa shape index (κ1) is 15.8. The van der Waals surface area contributed by atoms with Crippen LogP contribution in [0.4, 0.5) is 0 Å². The fraction of sp³-hybridized carbons (Fsp3) is 0.400. The van der Waals surface area contributed by atoms with Crippen molar-refractivity contribution in [3.8, 4) is 17.2 Å². The van der Waals surface area contributed by atoms with Gasteiger partial charge in [-0.25, -0.2) is 0 Å². The van der Waals surface area contributed by atoms with Crippen LogP contribution in [0.3, 0.4) is 0 Å². The second-order valence-corrected chi connectivity index (χ2v) is 5.78. The summed E-state index contributed by atoms with van der Waals surface area (Å²) in [6.07, 6.45) is 0. The van der Waals surface area contributed by atoms with Gasteiger partial charge in [0.25, 0.3) is 11.1 Å². The van der Waals surface area contributed by atoms with E-state index >= 15 is 0 Å². The summed E-state index contributed by atoms with van der Waals surface area (Å²) in [5.41, 5.74) is 0.730. The molecule has 7 nitrogen and oxygen atoms in total. The lowest BCUT2D eigenvalue weighted by Crippen LogP contribution is -2.41. The number of morpholine rings is 1. The van der Waals surface area contributed by atoms with Gasteiger partial charge in [0.15, 0.2) is 0 Å². The van der Waals surface area contributed by atoms with E-state index in [-0.39, 0.29) is 11.7 Å². The molecule has 1 saturated heterocycles. The Balaban J connectivity index is 1.62. The van der Waals surface area contributed by atoms with Gasteiger partial charge in [0.05, 0.1) is 31.6 Å². The van der Waals surface area contributed by atoms with Crippen molar-refractivity contribution in [2.24, 2.45) is 0 Å². The first-order valence-corrected chi connectivity index (χ1v) is 8.21. The minimum atomic E-state index is 0.0512. The molecule has 122 valence electrons. The van der Waals surface area contributed by atoms with E-state index in [1.165, 1.54) is 11.8 Å². The van der Waals surface area contributed by atoms with Crippen LogP contribution in [0, 0.1) is 0 Å². The maximum Gasteiger partial charge on any atom is 0.277 e. The predicted octanol–water partition coefficient (Wildman–Crippen LogP) is 1.70. The van der Waals surface area contributed by atoms with Gasteiger partial charge in [0.2, 0.25) is 5.91 Å². The van der Waals surface area contributed by atoms with Crippen molar-refractivity contribution in [3.05, 3.63) is 24.3 Å². The first-order valence-electron chi connectivity index (χ1n) is 7.23. The molecular formula is C15H17N3O4S. The van der Waals surface area contributed by atoms with Crippen molar-refractivity contribution in [1.82, 2.24) is 15.1 Å². The zero-order valence-corrected chi connectivity index (χ0v) is 13.5. The number of nitrogens with zero attached hydrogens (tertiary/aromatic N) is 3. The zero-order valence-electron chi connectivity index (χ0n) is 12.7. The molecule has 0 unspecified atom stereocenters. The molecular weight excluding hydrogens is 318 g/mol. The van der Waals surface area contributed by atoms with Gasteiger partial charge < -0.3 is 18.8 Å². The second-order valence-electron chi connectivity index (χ2n) is 4.86. The lowest BCUT2D eigenvalue weighted by Gasteiger charge is -2.26. The molecule has 3 rings (SSSR count). The van der Waals surface area contributed by atoms with Gasteiger partial charge in [-0.1, -0.05) is 23.9 Å². The number of aromatic nitrogens is 2. The van der Waals surface area contributed by atoms with Crippen molar-refractivity contribution >= 4 is 17.7 Å². The molecule has 8 heteroatoms. The lowest BCUT2D eigenvalue weighted by atomic mass is 10.2. The van der Waals surface area contributed by atoms with Crippen molar-refractivity contribution < 1.29 is 18.7 Å². The van der Waals surface area contributed by atoms with E-state index in [2.05, 4.69) is 10.2 Å². The summed E-state index contributed by atoms with van der Waals surface area (Å²) >= 11 is 1.24. The number of hydrogen-bond acceptors (Lipinski definition) is 7. The molecule has 0 spiro atoms. The fourth-order valence-corrected chi connectivity index (χ4v) is 2.89. The molecule has 0 saturated carbocycles. The largest absolute Gasteiger partial charge is 0.496 e. The standard InChI is InChI=1S/C15H17N3O4S/c1-20-12-5-3-2-4-11(12)14-16-17-15(22-14)23-10-13(19)18-6-8-21-9-7-18/h2-5H,6-10H2,1H3. The number of benzene rings is 1. The Bertz CT molecular complexity index is 670. The second kappa shape index (κ2) is 7.47. The molecule has 0 atom stereocenters. The molecule has 1 aromatic carbocycles. The summed E-state index contributed by atoms with van der Waals surface area (Å²) in [5.74, 6) is 1.37. The Hall–Kier alpha value is -2.06. The lowest BCUT2D eigenvalue weighted by molar-refractivity contribution is -0.132. The van der Waals surface area contributed by atoms with E-state index in [1.54, 1.807) is 12.0 Å². The van der Waals surface area contributed by atoms with Crippen molar-refractivity contribution in [3.63, 3.8) is 0 Å². The van der Waals surface area contributed by atoms with E-state index in [9.17, 15) is 4.79 Å². The fourth-order valence-electron chi connectivity index (χ4n) is 2.23. The minimum absolute atomic E-state index is 0.0512. The van der Waals surface area contributed by atoms with Crippen LogP contribution in [0.1, 0.15) is 0 Å². The van der Waals surface area contributed by atoms with Crippen molar-refractivity contribution in [1.29, 1.82) is 0 Å². The Morgan fingerprint density at radius 3 is 2.87 bits per heavy atom. The molecule has 1 fully saturated rings. The number of ether oxygens (including phenoxy) is 2. The highest BCUT2D eigenvalue weighted by Crippen LogP contribution is 2.30. The molecule has 1 aliphatic heterocycles. The summed E-state index contributed by atoms with van der Waals surface area (Å²) in [6.45, 7) is 2.45. The number of hydrogen-bond donors (Lipinski definition) is 0. The smallest absolute Gasteiger partial charge is 0.277 e. The van der Waals surface area contributed by atoms with Gasteiger partial charge in [-0.05, 0) is 12.1 Å². The number of carbonyl (C=O) groups excluding carboxylic acids is 1. The maximum absolute atomic E-state index is 12.1. The topological polar surface area (TPSA) is 77.7 Å². The van der Waals surface area contributed by atoms with E-state index in [4.69, 9.17) is 13.9 Å². The number of carbonyl (C=O) groups is 1. The SMILES string of the molecule is COc1ccccc1-c1nnc(SCC(=O)N2CCOCC2)o1. The van der Waals surface area contributed by atoms with Crippen LogP contribution >= 0.6 is 11.8 Å². The average Bonchev–Trinajstić information content (AvgIpc) is 3.09. The van der Waals surface area contributed by atoms with Crippen LogP contribution in [0.25, 0.3) is 11.5 Å². The number of amides is 1. The molecule has 0 aliphatic carbocycles. The van der Waals surface area contributed by atoms with Gasteiger partial charge in [-0.2, -0.15) is 0 Å². The van der Waals surface area contributed by atoms with Gasteiger partial charge in [0.1, 0.15) is 5.75 Å². The third-order valence-electron chi connectivity index (χ3n) is 3.43. The molecule has 0 radical (unpaired) electrons. The van der Waals surface area contributed by atoms with Crippen LogP contribution < -0.4 is 4.74 Å². The Labute approximate surface area is 138 Å². The van der Waals surface area contributed by atoms with Crippen LogP contribution in [0.15, 0.2) is 33.9 Å². The third kappa shape index (κ3) is 3.83. The molecule has 23 heavy (non-hydrogen) atoms. The van der Waals surface area contributed by atoms with Gasteiger partial charge in [-0.3, -0.25) is 4.79 Å². The Morgan fingerprint density at radius 2 is 2.09 bits per heavy atom. The monoisotopic (exact) mass is 335 g/mol. The van der Waals surface area contributed by atoms with Gasteiger partial charge in [0, 0.05) is 13.1 Å². The Kier molecular flexibility index (Phi) is 5.14. The molecule has 1 amide bonds. The molecule has 2 aromatic rings. The van der Waals surface area contributed by atoms with E-state index in [1.807, 2.05) is 24.3 Å². The summed E-state index contributed by atoms with van der Waals surface area (Å²) in [5, 5.41) is 8.37. The molecule has 2 heterocycles. The molecule has 1 aromatic heterocycles. The molecule has 1 aliphatic rings. The van der Waals surface area contributed by atoms with Gasteiger partial charge in [-0.15, -0.1) is 10.2 Å². The summed E-state index contributed by atoms with van der Waals surface area (Å²) < 4.78 is 16.1. The van der Waals surface area contributed by atoms with Crippen LogP contribution in [-0.2, 0) is 9.53 Å². The normalized spacial score (nSPS) is 14.7. The van der Waals surface area contributed by atoms with Gasteiger partial charge >= 0.3 is 0 Å². The number of rotatable bonds is 5. The summed E-state index contributed by atoms with van der Waals surface area (Å²) in [7, 11) is 1.59. The van der Waals surface area contributed by atoms with Crippen LogP contribution in [-0.4, -0.2) is 60.2 Å². The first-order chi connectivity index (χ1) is 11.3. The Morgan fingerprint density at radius 1 is 1.30 bits per heavy atom. The highest BCUT2D eigenvalue weighted by molar-refractivity contribution is 7.99. The highest BCUT2D eigenvalue weighted by atomic mass is 32.2. The van der Waals surface area contributed by atoms with E-state index in [0.29, 0.717) is 43.2 Å². The van der Waals surface area contributed by atoms with Crippen molar-refractivity contribution in [2.75, 3.05) is 39.2 Å². The number of thioether (sulfide) groups is 1. The molecule has 0 bridgehead atoms. The maximum atomic E-state index is 12.1.